The lowest BCUT2D eigenvalue weighted by atomic mass is 9.95. The van der Waals surface area contributed by atoms with Gasteiger partial charge in [0.25, 0.3) is 0 Å². The summed E-state index contributed by atoms with van der Waals surface area (Å²) < 4.78 is 20.0. The molecule has 0 saturated carbocycles. The molecule has 4 aromatic rings. The number of benzene rings is 2. The van der Waals surface area contributed by atoms with Crippen molar-refractivity contribution in [1.82, 2.24) is 15.3 Å². The summed E-state index contributed by atoms with van der Waals surface area (Å²) in [5, 5.41) is 14.7. The minimum atomic E-state index is -1.04. The predicted molar refractivity (Wildman–Crippen MR) is 140 cm³/mol. The van der Waals surface area contributed by atoms with Crippen LogP contribution in [0.1, 0.15) is 17.0 Å². The van der Waals surface area contributed by atoms with Gasteiger partial charge in [0.1, 0.15) is 15.8 Å². The Morgan fingerprint density at radius 1 is 1.19 bits per heavy atom. The molecule has 0 unspecified atom stereocenters. The molecular weight excluding hydrogens is 517 g/mol. The quantitative estimate of drug-likeness (QED) is 0.271. The lowest BCUT2D eigenvalue weighted by Crippen LogP contribution is -2.33. The summed E-state index contributed by atoms with van der Waals surface area (Å²) in [6, 6.07) is 15.5. The van der Waals surface area contributed by atoms with Crippen molar-refractivity contribution in [3.63, 3.8) is 0 Å². The average Bonchev–Trinajstić information content (AvgIpc) is 3.36. The fraction of sp³-hybridized carbons (Fsp3) is 0.185. The number of hydrogen-bond donors (Lipinski definition) is 2. The number of pyridine rings is 1. The van der Waals surface area contributed by atoms with E-state index >= 15 is 0 Å². The molecule has 0 aliphatic carbocycles. The monoisotopic (exact) mass is 539 g/mol. The molecule has 0 fully saturated rings. The van der Waals surface area contributed by atoms with E-state index in [0.717, 1.165) is 5.56 Å². The van der Waals surface area contributed by atoms with Crippen molar-refractivity contribution in [2.75, 3.05) is 7.11 Å². The van der Waals surface area contributed by atoms with Crippen LogP contribution in [0.2, 0.25) is 5.02 Å². The normalized spacial score (nSPS) is 11.6. The van der Waals surface area contributed by atoms with Gasteiger partial charge in [0.2, 0.25) is 11.8 Å². The fourth-order valence-electron chi connectivity index (χ4n) is 3.93. The summed E-state index contributed by atoms with van der Waals surface area (Å²) in [5.74, 6) is -2.35. The summed E-state index contributed by atoms with van der Waals surface area (Å²) in [6.45, 7) is 0.120. The maximum atomic E-state index is 14.9. The van der Waals surface area contributed by atoms with Crippen LogP contribution in [0.3, 0.4) is 0 Å². The van der Waals surface area contributed by atoms with Gasteiger partial charge in [0.05, 0.1) is 31.7 Å². The number of ether oxygens (including phenoxy) is 1. The molecule has 37 heavy (non-hydrogen) atoms. The van der Waals surface area contributed by atoms with Crippen LogP contribution in [0.25, 0.3) is 22.4 Å². The molecule has 1 amide bonds. The molecule has 2 N–H and O–H groups in total. The maximum Gasteiger partial charge on any atom is 0.304 e. The van der Waals surface area contributed by atoms with Gasteiger partial charge in [-0.25, -0.2) is 14.4 Å². The lowest BCUT2D eigenvalue weighted by molar-refractivity contribution is -0.141. The van der Waals surface area contributed by atoms with Gasteiger partial charge in [-0.1, -0.05) is 54.1 Å². The Kier molecular flexibility index (Phi) is 8.47. The SMILES string of the molecule is COc1ncc(-c2c(F)cccc2-c2csc(CNC(=O)[C@@H](CC(=O)O)Cc3ccccc3)n2)cc1Cl. The van der Waals surface area contributed by atoms with Crippen molar-refractivity contribution in [1.29, 1.82) is 0 Å². The predicted octanol–water partition coefficient (Wildman–Crippen LogP) is 5.62. The number of nitrogens with zero attached hydrogens (tertiary/aromatic N) is 2. The highest BCUT2D eigenvalue weighted by Gasteiger charge is 2.23. The molecule has 4 rings (SSSR count). The van der Waals surface area contributed by atoms with E-state index in [2.05, 4.69) is 15.3 Å². The Balaban J connectivity index is 1.52. The zero-order valence-corrected chi connectivity index (χ0v) is 21.4. The van der Waals surface area contributed by atoms with Crippen LogP contribution in [-0.4, -0.2) is 34.1 Å². The topological polar surface area (TPSA) is 101 Å². The Morgan fingerprint density at radius 2 is 1.97 bits per heavy atom. The summed E-state index contributed by atoms with van der Waals surface area (Å²) in [6.07, 6.45) is 1.51. The molecule has 0 aliphatic heterocycles. The van der Waals surface area contributed by atoms with Crippen molar-refractivity contribution < 1.29 is 23.8 Å². The van der Waals surface area contributed by atoms with Gasteiger partial charge in [-0.15, -0.1) is 11.3 Å². The van der Waals surface area contributed by atoms with E-state index in [4.69, 9.17) is 16.3 Å². The van der Waals surface area contributed by atoms with Crippen LogP contribution in [0, 0.1) is 11.7 Å². The first-order valence-corrected chi connectivity index (χ1v) is 12.6. The van der Waals surface area contributed by atoms with Gasteiger partial charge in [-0.05, 0) is 24.1 Å². The number of amides is 1. The Labute approximate surface area is 221 Å². The molecule has 2 aromatic heterocycles. The molecule has 10 heteroatoms. The van der Waals surface area contributed by atoms with Crippen molar-refractivity contribution in [2.24, 2.45) is 5.92 Å². The molecular formula is C27H23ClFN3O4S. The van der Waals surface area contributed by atoms with E-state index in [9.17, 15) is 19.1 Å². The van der Waals surface area contributed by atoms with Gasteiger partial charge in [0, 0.05) is 28.3 Å². The molecule has 0 spiro atoms. The zero-order chi connectivity index (χ0) is 26.4. The number of halogens is 2. The molecule has 2 heterocycles. The van der Waals surface area contributed by atoms with Crippen LogP contribution in [0.5, 0.6) is 5.88 Å². The van der Waals surface area contributed by atoms with Crippen molar-refractivity contribution in [2.45, 2.75) is 19.4 Å². The first kappa shape index (κ1) is 26.2. The van der Waals surface area contributed by atoms with Crippen molar-refractivity contribution in [3.8, 4) is 28.3 Å². The third-order valence-corrected chi connectivity index (χ3v) is 6.78. The highest BCUT2D eigenvalue weighted by Crippen LogP contribution is 2.37. The van der Waals surface area contributed by atoms with Crippen molar-refractivity contribution >= 4 is 34.8 Å². The highest BCUT2D eigenvalue weighted by molar-refractivity contribution is 7.09. The largest absolute Gasteiger partial charge is 0.481 e. The second-order valence-electron chi connectivity index (χ2n) is 8.21. The van der Waals surface area contributed by atoms with Crippen LogP contribution in [-0.2, 0) is 22.6 Å². The molecule has 0 radical (unpaired) electrons. The van der Waals surface area contributed by atoms with Crippen LogP contribution >= 0.6 is 22.9 Å². The van der Waals surface area contributed by atoms with Gasteiger partial charge in [-0.2, -0.15) is 0 Å². The highest BCUT2D eigenvalue weighted by atomic mass is 35.5. The lowest BCUT2D eigenvalue weighted by Gasteiger charge is -2.14. The fourth-order valence-corrected chi connectivity index (χ4v) is 4.91. The van der Waals surface area contributed by atoms with E-state index in [-0.39, 0.29) is 29.8 Å². The number of nitrogens with one attached hydrogen (secondary N) is 1. The number of methoxy groups -OCH3 is 1. The minimum Gasteiger partial charge on any atom is -0.481 e. The summed E-state index contributed by atoms with van der Waals surface area (Å²) in [4.78, 5) is 32.9. The van der Waals surface area contributed by atoms with E-state index < -0.39 is 17.7 Å². The molecule has 1 atom stereocenters. The first-order chi connectivity index (χ1) is 17.9. The summed E-state index contributed by atoms with van der Waals surface area (Å²) >= 11 is 7.52. The summed E-state index contributed by atoms with van der Waals surface area (Å²) in [7, 11) is 1.45. The molecule has 0 aliphatic rings. The number of carbonyl (C=O) groups is 2. The molecule has 7 nitrogen and oxygen atoms in total. The Bertz CT molecular complexity index is 1410. The number of carboxylic acids is 1. The van der Waals surface area contributed by atoms with Crippen LogP contribution < -0.4 is 10.1 Å². The van der Waals surface area contributed by atoms with Crippen molar-refractivity contribution in [3.05, 3.63) is 87.6 Å². The van der Waals surface area contributed by atoms with Crippen LogP contribution in [0.15, 0.2) is 66.2 Å². The number of aromatic nitrogens is 2. The van der Waals surface area contributed by atoms with Gasteiger partial charge < -0.3 is 15.2 Å². The number of hydrogen-bond acceptors (Lipinski definition) is 6. The number of thiazole rings is 1. The number of rotatable bonds is 10. The first-order valence-electron chi connectivity index (χ1n) is 11.3. The standard InChI is InChI=1S/C27H23ClFN3O4S/c1-36-27-20(28)11-18(13-31-27)25-19(8-5-9-21(25)29)22-15-37-23(32-22)14-30-26(35)17(12-24(33)34)10-16-6-3-2-4-7-16/h2-9,11,13,15,17H,10,12,14H2,1H3,(H,30,35)(H,33,34)/t17-/m1/s1. The maximum absolute atomic E-state index is 14.9. The van der Waals surface area contributed by atoms with Gasteiger partial charge in [0.15, 0.2) is 0 Å². The second kappa shape index (κ2) is 11.9. The molecule has 2 aromatic carbocycles. The third kappa shape index (κ3) is 6.49. The Morgan fingerprint density at radius 3 is 2.68 bits per heavy atom. The minimum absolute atomic E-state index is 0.120. The summed E-state index contributed by atoms with van der Waals surface area (Å²) in [5.41, 5.74) is 2.72. The van der Waals surface area contributed by atoms with E-state index in [0.29, 0.717) is 33.8 Å². The van der Waals surface area contributed by atoms with E-state index in [1.54, 1.807) is 23.6 Å². The molecule has 190 valence electrons. The average molecular weight is 540 g/mol. The smallest absolute Gasteiger partial charge is 0.304 e. The van der Waals surface area contributed by atoms with E-state index in [1.807, 2.05) is 30.3 Å². The third-order valence-electron chi connectivity index (χ3n) is 5.66. The Hall–Kier alpha value is -3.82. The number of aliphatic carboxylic acids is 1. The second-order valence-corrected chi connectivity index (χ2v) is 9.56. The van der Waals surface area contributed by atoms with E-state index in [1.165, 1.54) is 30.7 Å². The van der Waals surface area contributed by atoms with Gasteiger partial charge >= 0.3 is 5.97 Å². The zero-order valence-electron chi connectivity index (χ0n) is 19.8. The molecule has 0 bridgehead atoms. The molecule has 0 saturated heterocycles. The van der Waals surface area contributed by atoms with Gasteiger partial charge in [-0.3, -0.25) is 9.59 Å². The number of carboxylic acid groups (broad SMARTS) is 1. The number of carbonyl (C=O) groups excluding carboxylic acids is 1. The van der Waals surface area contributed by atoms with Crippen LogP contribution in [0.4, 0.5) is 4.39 Å².